The fourth-order valence-corrected chi connectivity index (χ4v) is 7.17. The zero-order chi connectivity index (χ0) is 23.1. The van der Waals surface area contributed by atoms with Gasteiger partial charge in [0, 0.05) is 13.2 Å². The molecular weight excluding hydrogens is 448 g/mol. The number of aliphatic carboxylic acids is 1. The number of carboxylic acid groups (broad SMARTS) is 1. The Kier molecular flexibility index (Phi) is 7.68. The van der Waals surface area contributed by atoms with Gasteiger partial charge in [-0.15, -0.1) is 11.8 Å². The summed E-state index contributed by atoms with van der Waals surface area (Å²) in [7, 11) is 1.62. The van der Waals surface area contributed by atoms with Gasteiger partial charge in [-0.1, -0.05) is 102 Å². The number of nitrogens with zero attached hydrogens (tertiary/aromatic N) is 2. The minimum Gasteiger partial charge on any atom is -0.480 e. The molecule has 0 fully saturated rings. The largest absolute Gasteiger partial charge is 0.480 e. The number of rotatable bonds is 9. The average molecular weight is 477 g/mol. The Balaban J connectivity index is 1.68. The van der Waals surface area contributed by atoms with Crippen LogP contribution >= 0.6 is 11.8 Å². The van der Waals surface area contributed by atoms with E-state index in [0.717, 1.165) is 5.88 Å². The maximum absolute atomic E-state index is 12.0. The molecule has 33 heavy (non-hydrogen) atoms. The van der Waals surface area contributed by atoms with E-state index in [9.17, 15) is 9.90 Å². The molecule has 0 saturated carbocycles. The van der Waals surface area contributed by atoms with Crippen LogP contribution in [-0.4, -0.2) is 40.7 Å². The second kappa shape index (κ2) is 10.9. The molecule has 1 unspecified atom stereocenters. The third kappa shape index (κ3) is 5.40. The summed E-state index contributed by atoms with van der Waals surface area (Å²) >= 11 is 1.78. The van der Waals surface area contributed by atoms with Gasteiger partial charge in [-0.2, -0.15) is 0 Å². The van der Waals surface area contributed by atoms with Gasteiger partial charge in [0.1, 0.15) is 0 Å². The molecule has 4 nitrogen and oxygen atoms in total. The van der Waals surface area contributed by atoms with Crippen LogP contribution in [0.25, 0.3) is 0 Å². The lowest BCUT2D eigenvalue weighted by Crippen LogP contribution is -2.27. The third-order valence-corrected chi connectivity index (χ3v) is 8.82. The number of thioether (sulfide) groups is 1. The van der Waals surface area contributed by atoms with E-state index < -0.39 is 16.8 Å². The Morgan fingerprint density at radius 1 is 0.970 bits per heavy atom. The highest BCUT2D eigenvalue weighted by Crippen LogP contribution is 2.48. The number of benzene rings is 3. The summed E-state index contributed by atoms with van der Waals surface area (Å²) in [6, 6.07) is 30.7. The van der Waals surface area contributed by atoms with E-state index in [1.54, 1.807) is 11.8 Å². The number of carboxylic acids is 1. The average Bonchev–Trinajstić information content (AvgIpc) is 3.27. The fourth-order valence-electron chi connectivity index (χ4n) is 4.01. The van der Waals surface area contributed by atoms with E-state index in [0.29, 0.717) is 12.2 Å². The van der Waals surface area contributed by atoms with Gasteiger partial charge in [0.05, 0.1) is 10.6 Å². The lowest BCUT2D eigenvalue weighted by Gasteiger charge is -2.35. The van der Waals surface area contributed by atoms with Crippen molar-refractivity contribution < 1.29 is 9.90 Å². The van der Waals surface area contributed by atoms with E-state index >= 15 is 0 Å². The first-order chi connectivity index (χ1) is 16.1. The van der Waals surface area contributed by atoms with E-state index in [-0.39, 0.29) is 10.7 Å². The zero-order valence-corrected chi connectivity index (χ0v) is 20.2. The van der Waals surface area contributed by atoms with Crippen LogP contribution in [0.5, 0.6) is 0 Å². The maximum atomic E-state index is 12.0. The maximum Gasteiger partial charge on any atom is 0.329 e. The Labute approximate surface area is 202 Å². The summed E-state index contributed by atoms with van der Waals surface area (Å²) in [6.45, 7) is 0. The number of hydrogen-bond acceptors (Lipinski definition) is 4. The molecule has 170 valence electrons. The van der Waals surface area contributed by atoms with E-state index in [4.69, 9.17) is 0 Å². The smallest absolute Gasteiger partial charge is 0.329 e. The Morgan fingerprint density at radius 3 is 1.85 bits per heavy atom. The van der Waals surface area contributed by atoms with E-state index in [2.05, 4.69) is 77.2 Å². The molecule has 3 aromatic rings. The normalized spacial score (nSPS) is 16.8. The topological polar surface area (TPSA) is 52.9 Å². The zero-order valence-electron chi connectivity index (χ0n) is 18.6. The minimum absolute atomic E-state index is 0.360. The van der Waals surface area contributed by atoms with Gasteiger partial charge in [-0.25, -0.2) is 9.16 Å². The van der Waals surface area contributed by atoms with Gasteiger partial charge < -0.3 is 10.0 Å². The summed E-state index contributed by atoms with van der Waals surface area (Å²) in [5.74, 6) is 0.574. The van der Waals surface area contributed by atoms with Crippen LogP contribution in [0.2, 0.25) is 0 Å². The highest BCUT2D eigenvalue weighted by Gasteiger charge is 2.37. The van der Waals surface area contributed by atoms with Crippen LogP contribution in [0.3, 0.4) is 0 Å². The summed E-state index contributed by atoms with van der Waals surface area (Å²) in [5, 5.41) is 11.8. The van der Waals surface area contributed by atoms with Gasteiger partial charge in [0.15, 0.2) is 6.04 Å². The first-order valence-electron chi connectivity index (χ1n) is 10.9. The molecule has 0 saturated heterocycles. The van der Waals surface area contributed by atoms with E-state index in [1.165, 1.54) is 16.7 Å². The molecule has 0 aliphatic carbocycles. The van der Waals surface area contributed by atoms with Crippen molar-refractivity contribution in [3.8, 4) is 0 Å². The van der Waals surface area contributed by atoms with Crippen molar-refractivity contribution in [3.63, 3.8) is 0 Å². The number of carbonyl (C=O) groups is 1. The van der Waals surface area contributed by atoms with Crippen molar-refractivity contribution in [2.45, 2.75) is 17.2 Å². The standard InChI is InChI=1S/C27H28N2O2S2/c1-29-18-20-33(21-29)28-25(26(30)31)17-19-32-27(22-11-5-2-6-12-22,23-13-7-3-8-14-23)24-15-9-4-10-16-24/h2-16,18,20,25H,17,19,21H2,1H3,(H,30,31)/t25-,33?/m0/s1. The van der Waals surface area contributed by atoms with Gasteiger partial charge >= 0.3 is 5.97 Å². The Bertz CT molecular complexity index is 1020. The second-order valence-corrected chi connectivity index (χ2v) is 10.8. The van der Waals surface area contributed by atoms with Crippen LogP contribution in [0, 0.1) is 0 Å². The van der Waals surface area contributed by atoms with Gasteiger partial charge in [-0.3, -0.25) is 0 Å². The van der Waals surface area contributed by atoms with Crippen LogP contribution in [0.4, 0.5) is 0 Å². The molecule has 1 aliphatic rings. The van der Waals surface area contributed by atoms with Gasteiger partial charge in [-0.05, 0) is 34.3 Å². The summed E-state index contributed by atoms with van der Waals surface area (Å²) < 4.78 is 4.21. The predicted octanol–water partition coefficient (Wildman–Crippen LogP) is 5.73. The predicted molar refractivity (Wildman–Crippen MR) is 139 cm³/mol. The minimum atomic E-state index is -0.851. The van der Waals surface area contributed by atoms with Crippen LogP contribution < -0.4 is 0 Å². The lowest BCUT2D eigenvalue weighted by molar-refractivity contribution is -0.138. The van der Waals surface area contributed by atoms with E-state index in [1.807, 2.05) is 41.8 Å². The molecule has 6 heteroatoms. The highest BCUT2D eigenvalue weighted by atomic mass is 32.2. The lowest BCUT2D eigenvalue weighted by atomic mass is 9.84. The monoisotopic (exact) mass is 476 g/mol. The molecule has 3 aromatic carbocycles. The molecule has 0 bridgehead atoms. The van der Waals surface area contributed by atoms with Crippen molar-refractivity contribution in [2.75, 3.05) is 18.7 Å². The first-order valence-corrected chi connectivity index (χ1v) is 13.3. The molecular formula is C27H28N2O2S2. The Morgan fingerprint density at radius 2 is 1.45 bits per heavy atom. The molecule has 4 rings (SSSR count). The molecule has 2 atom stereocenters. The molecule has 1 aliphatic heterocycles. The van der Waals surface area contributed by atoms with Crippen LogP contribution in [-0.2, 0) is 20.2 Å². The van der Waals surface area contributed by atoms with Crippen molar-refractivity contribution in [1.82, 2.24) is 4.90 Å². The van der Waals surface area contributed by atoms with Crippen molar-refractivity contribution in [1.29, 1.82) is 0 Å². The van der Waals surface area contributed by atoms with Crippen LogP contribution in [0.1, 0.15) is 23.1 Å². The SMILES string of the molecule is CN1C=CS(=N[C@@H](CCSC(c2ccccc2)(c2ccccc2)c2ccccc2)C(=O)O)C1. The highest BCUT2D eigenvalue weighted by molar-refractivity contribution is 8.00. The van der Waals surface area contributed by atoms with Crippen molar-refractivity contribution >= 4 is 28.4 Å². The van der Waals surface area contributed by atoms with Crippen LogP contribution in [0.15, 0.2) is 107 Å². The Hall–Kier alpha value is -2.83. The summed E-state index contributed by atoms with van der Waals surface area (Å²) in [4.78, 5) is 14.0. The first kappa shape index (κ1) is 23.3. The molecule has 0 aromatic heterocycles. The summed E-state index contributed by atoms with van der Waals surface area (Å²) in [6.07, 6.45) is 2.46. The van der Waals surface area contributed by atoms with Gasteiger partial charge in [0.25, 0.3) is 0 Å². The molecule has 0 spiro atoms. The molecule has 0 amide bonds. The second-order valence-electron chi connectivity index (χ2n) is 7.95. The summed E-state index contributed by atoms with van der Waals surface area (Å²) in [5.41, 5.74) is 3.54. The van der Waals surface area contributed by atoms with Crippen molar-refractivity contribution in [2.24, 2.45) is 4.36 Å². The third-order valence-electron chi connectivity index (χ3n) is 5.61. The van der Waals surface area contributed by atoms with Crippen molar-refractivity contribution in [3.05, 3.63) is 119 Å². The molecule has 1 N–H and O–H groups in total. The molecule has 0 radical (unpaired) electrons. The molecule has 1 heterocycles. The quantitative estimate of drug-likeness (QED) is 0.401. The van der Waals surface area contributed by atoms with Gasteiger partial charge in [0.2, 0.25) is 0 Å². The number of hydrogen-bond donors (Lipinski definition) is 1. The fraction of sp³-hybridized carbons (Fsp3) is 0.222.